The fourth-order valence-corrected chi connectivity index (χ4v) is 2.15. The zero-order valence-corrected chi connectivity index (χ0v) is 11.3. The number of aromatic nitrogens is 1. The van der Waals surface area contributed by atoms with Crippen molar-refractivity contribution in [2.75, 3.05) is 7.11 Å². The van der Waals surface area contributed by atoms with Crippen LogP contribution in [-0.2, 0) is 6.54 Å². The maximum atomic E-state index is 11.1. The van der Waals surface area contributed by atoms with Gasteiger partial charge in [0.15, 0.2) is 0 Å². The van der Waals surface area contributed by atoms with Gasteiger partial charge in [-0.25, -0.2) is 4.79 Å². The third-order valence-electron chi connectivity index (χ3n) is 2.65. The number of rotatable bonds is 4. The number of hydrogen-bond acceptors (Lipinski definition) is 2. The summed E-state index contributed by atoms with van der Waals surface area (Å²) in [5.74, 6) is -0.155. The van der Waals surface area contributed by atoms with Crippen molar-refractivity contribution in [2.45, 2.75) is 6.54 Å². The molecule has 0 fully saturated rings. The average molecular weight is 310 g/mol. The molecule has 4 nitrogen and oxygen atoms in total. The Bertz CT molecular complexity index is 560. The smallest absolute Gasteiger partial charge is 0.352 e. The Hall–Kier alpha value is -1.75. The normalized spacial score (nSPS) is 10.3. The molecule has 2 rings (SSSR count). The number of carboxylic acids is 1. The Morgan fingerprint density at radius 1 is 1.28 bits per heavy atom. The first-order valence-corrected chi connectivity index (χ1v) is 6.12. The highest BCUT2D eigenvalue weighted by atomic mass is 79.9. The molecule has 0 bridgehead atoms. The molecule has 0 aliphatic rings. The lowest BCUT2D eigenvalue weighted by Crippen LogP contribution is -2.09. The predicted molar refractivity (Wildman–Crippen MR) is 71.2 cm³/mol. The first-order chi connectivity index (χ1) is 8.61. The van der Waals surface area contributed by atoms with E-state index in [2.05, 4.69) is 15.9 Å². The van der Waals surface area contributed by atoms with Gasteiger partial charge < -0.3 is 14.4 Å². The largest absolute Gasteiger partial charge is 0.497 e. The summed E-state index contributed by atoms with van der Waals surface area (Å²) in [5.41, 5.74) is 1.27. The van der Waals surface area contributed by atoms with E-state index in [9.17, 15) is 4.79 Å². The minimum atomic E-state index is -0.936. The van der Waals surface area contributed by atoms with Crippen LogP contribution in [0.5, 0.6) is 5.75 Å². The molecular weight excluding hydrogens is 298 g/mol. The van der Waals surface area contributed by atoms with Gasteiger partial charge in [-0.05, 0) is 45.8 Å². The topological polar surface area (TPSA) is 51.5 Å². The molecule has 0 unspecified atom stereocenters. The van der Waals surface area contributed by atoms with Gasteiger partial charge in [0.1, 0.15) is 11.4 Å². The van der Waals surface area contributed by atoms with Crippen LogP contribution in [0.1, 0.15) is 16.1 Å². The molecule has 1 aromatic carbocycles. The number of ether oxygens (including phenoxy) is 1. The molecule has 5 heteroatoms. The number of benzene rings is 1. The molecule has 0 amide bonds. The third-order valence-corrected chi connectivity index (χ3v) is 3.34. The minimum Gasteiger partial charge on any atom is -0.497 e. The Balaban J connectivity index is 2.27. The summed E-state index contributed by atoms with van der Waals surface area (Å²) in [5, 5.41) is 9.08. The second-order valence-electron chi connectivity index (χ2n) is 3.78. The minimum absolute atomic E-state index is 0.262. The average Bonchev–Trinajstić information content (AvgIpc) is 2.72. The van der Waals surface area contributed by atoms with Crippen LogP contribution in [0.3, 0.4) is 0 Å². The standard InChI is InChI=1S/C13H12BrNO3/c1-18-10-4-2-9(3-5-10)8-15-11(13(16)17)6-7-12(15)14/h2-7H,8H2,1H3,(H,16,17). The van der Waals surface area contributed by atoms with E-state index in [1.807, 2.05) is 24.3 Å². The summed E-state index contributed by atoms with van der Waals surface area (Å²) in [7, 11) is 1.61. The van der Waals surface area contributed by atoms with Gasteiger partial charge in [0.05, 0.1) is 11.7 Å². The predicted octanol–water partition coefficient (Wildman–Crippen LogP) is 3.01. The zero-order valence-electron chi connectivity index (χ0n) is 9.76. The van der Waals surface area contributed by atoms with Crippen LogP contribution in [0, 0.1) is 0 Å². The van der Waals surface area contributed by atoms with Gasteiger partial charge in [0.2, 0.25) is 0 Å². The molecular formula is C13H12BrNO3. The van der Waals surface area contributed by atoms with Crippen molar-refractivity contribution >= 4 is 21.9 Å². The number of hydrogen-bond donors (Lipinski definition) is 1. The molecule has 1 N–H and O–H groups in total. The molecule has 0 saturated carbocycles. The van der Waals surface area contributed by atoms with Crippen LogP contribution in [-0.4, -0.2) is 22.8 Å². The summed E-state index contributed by atoms with van der Waals surface area (Å²) in [6.07, 6.45) is 0. The summed E-state index contributed by atoms with van der Waals surface area (Å²) in [6, 6.07) is 10.8. The Kier molecular flexibility index (Phi) is 3.72. The van der Waals surface area contributed by atoms with E-state index in [0.29, 0.717) is 6.54 Å². The van der Waals surface area contributed by atoms with Crippen molar-refractivity contribution in [1.29, 1.82) is 0 Å². The number of aromatic carboxylic acids is 1. The van der Waals surface area contributed by atoms with E-state index < -0.39 is 5.97 Å². The second kappa shape index (κ2) is 5.27. The summed E-state index contributed by atoms with van der Waals surface area (Å²) < 4.78 is 7.52. The van der Waals surface area contributed by atoms with Crippen LogP contribution in [0.15, 0.2) is 41.0 Å². The van der Waals surface area contributed by atoms with E-state index in [-0.39, 0.29) is 5.69 Å². The number of nitrogens with zero attached hydrogens (tertiary/aromatic N) is 1. The van der Waals surface area contributed by atoms with Crippen LogP contribution < -0.4 is 4.74 Å². The van der Waals surface area contributed by atoms with E-state index >= 15 is 0 Å². The van der Waals surface area contributed by atoms with Crippen LogP contribution in [0.25, 0.3) is 0 Å². The van der Waals surface area contributed by atoms with Gasteiger partial charge >= 0.3 is 5.97 Å². The first kappa shape index (κ1) is 12.7. The molecule has 0 spiro atoms. The van der Waals surface area contributed by atoms with Crippen molar-refractivity contribution < 1.29 is 14.6 Å². The Morgan fingerprint density at radius 3 is 2.50 bits per heavy atom. The number of methoxy groups -OCH3 is 1. The molecule has 0 aliphatic carbocycles. The molecule has 0 saturated heterocycles. The molecule has 0 radical (unpaired) electrons. The van der Waals surface area contributed by atoms with Crippen molar-refractivity contribution in [3.8, 4) is 5.75 Å². The molecule has 94 valence electrons. The monoisotopic (exact) mass is 309 g/mol. The number of carbonyl (C=O) groups is 1. The third kappa shape index (κ3) is 2.56. The molecule has 1 aromatic heterocycles. The highest BCUT2D eigenvalue weighted by Crippen LogP contribution is 2.19. The SMILES string of the molecule is COc1ccc(Cn2c(Br)ccc2C(=O)O)cc1. The van der Waals surface area contributed by atoms with Gasteiger partial charge in [0, 0.05) is 6.54 Å². The number of halogens is 1. The number of carboxylic acid groups (broad SMARTS) is 1. The van der Waals surface area contributed by atoms with Crippen molar-refractivity contribution in [1.82, 2.24) is 4.57 Å². The van der Waals surface area contributed by atoms with Gasteiger partial charge in [0.25, 0.3) is 0 Å². The molecule has 0 atom stereocenters. The zero-order chi connectivity index (χ0) is 13.1. The van der Waals surface area contributed by atoms with E-state index in [0.717, 1.165) is 15.9 Å². The second-order valence-corrected chi connectivity index (χ2v) is 4.59. The highest BCUT2D eigenvalue weighted by molar-refractivity contribution is 9.10. The fourth-order valence-electron chi connectivity index (χ4n) is 1.70. The Morgan fingerprint density at radius 2 is 1.94 bits per heavy atom. The molecule has 1 heterocycles. The van der Waals surface area contributed by atoms with Crippen LogP contribution in [0.4, 0.5) is 0 Å². The summed E-state index contributed by atoms with van der Waals surface area (Å²) in [6.45, 7) is 0.499. The lowest BCUT2D eigenvalue weighted by atomic mass is 10.2. The van der Waals surface area contributed by atoms with Gasteiger partial charge in [-0.15, -0.1) is 0 Å². The highest BCUT2D eigenvalue weighted by Gasteiger charge is 2.12. The van der Waals surface area contributed by atoms with E-state index in [1.54, 1.807) is 23.8 Å². The molecule has 0 aliphatic heterocycles. The van der Waals surface area contributed by atoms with Crippen molar-refractivity contribution in [3.05, 3.63) is 52.3 Å². The summed E-state index contributed by atoms with van der Waals surface area (Å²) in [4.78, 5) is 11.1. The Labute approximate surface area is 113 Å². The maximum absolute atomic E-state index is 11.1. The fraction of sp³-hybridized carbons (Fsp3) is 0.154. The van der Waals surface area contributed by atoms with E-state index in [4.69, 9.17) is 9.84 Å². The molecule has 18 heavy (non-hydrogen) atoms. The van der Waals surface area contributed by atoms with Gasteiger partial charge in [-0.1, -0.05) is 12.1 Å². The van der Waals surface area contributed by atoms with E-state index in [1.165, 1.54) is 0 Å². The van der Waals surface area contributed by atoms with Crippen LogP contribution >= 0.6 is 15.9 Å². The van der Waals surface area contributed by atoms with Gasteiger partial charge in [-0.3, -0.25) is 0 Å². The van der Waals surface area contributed by atoms with Crippen molar-refractivity contribution in [2.24, 2.45) is 0 Å². The van der Waals surface area contributed by atoms with Crippen molar-refractivity contribution in [3.63, 3.8) is 0 Å². The lowest BCUT2D eigenvalue weighted by Gasteiger charge is -2.09. The lowest BCUT2D eigenvalue weighted by molar-refractivity contribution is 0.0685. The maximum Gasteiger partial charge on any atom is 0.352 e. The quantitative estimate of drug-likeness (QED) is 0.944. The van der Waals surface area contributed by atoms with Gasteiger partial charge in [-0.2, -0.15) is 0 Å². The first-order valence-electron chi connectivity index (χ1n) is 5.33. The van der Waals surface area contributed by atoms with Crippen LogP contribution in [0.2, 0.25) is 0 Å². The summed E-state index contributed by atoms with van der Waals surface area (Å²) >= 11 is 3.35. The molecule has 2 aromatic rings.